The van der Waals surface area contributed by atoms with Gasteiger partial charge in [0.05, 0.1) is 13.2 Å². The average Bonchev–Trinajstić information content (AvgIpc) is 2.38. The van der Waals surface area contributed by atoms with E-state index in [1.807, 2.05) is 30.3 Å². The fraction of sp³-hybridized carbons (Fsp3) is 0.214. The molecule has 2 rings (SSSR count). The highest BCUT2D eigenvalue weighted by molar-refractivity contribution is 6.29. The summed E-state index contributed by atoms with van der Waals surface area (Å²) >= 11 is 5.86. The van der Waals surface area contributed by atoms with Gasteiger partial charge in [-0.25, -0.2) is 4.98 Å². The molecule has 1 aromatic heterocycles. The lowest BCUT2D eigenvalue weighted by Crippen LogP contribution is -2.08. The van der Waals surface area contributed by atoms with Crippen LogP contribution in [0.2, 0.25) is 5.15 Å². The molecule has 0 aliphatic carbocycles. The number of hydrogen-bond acceptors (Lipinski definition) is 3. The van der Waals surface area contributed by atoms with Crippen LogP contribution in [0.4, 0.5) is 5.69 Å². The molecule has 0 saturated heterocycles. The van der Waals surface area contributed by atoms with E-state index in [4.69, 9.17) is 16.3 Å². The van der Waals surface area contributed by atoms with Crippen LogP contribution in [0.25, 0.3) is 0 Å². The summed E-state index contributed by atoms with van der Waals surface area (Å²) in [6, 6.07) is 11.8. The fourth-order valence-electron chi connectivity index (χ4n) is 1.84. The Bertz CT molecular complexity index is 531. The molecule has 0 spiro atoms. The summed E-state index contributed by atoms with van der Waals surface area (Å²) in [5.74, 6) is 0.873. The summed E-state index contributed by atoms with van der Waals surface area (Å²) in [5.41, 5.74) is 2.04. The van der Waals surface area contributed by atoms with E-state index in [2.05, 4.69) is 17.2 Å². The van der Waals surface area contributed by atoms with Crippen LogP contribution in [-0.2, 0) is 0 Å². The van der Waals surface area contributed by atoms with Gasteiger partial charge < -0.3 is 10.1 Å². The van der Waals surface area contributed by atoms with Crippen LogP contribution in [0, 0.1) is 0 Å². The first-order valence-electron chi connectivity index (χ1n) is 5.71. The molecule has 0 amide bonds. The third-order valence-corrected chi connectivity index (χ3v) is 2.92. The van der Waals surface area contributed by atoms with Crippen molar-refractivity contribution in [3.05, 3.63) is 53.3 Å². The van der Waals surface area contributed by atoms with Crippen molar-refractivity contribution in [2.45, 2.75) is 13.0 Å². The van der Waals surface area contributed by atoms with Gasteiger partial charge in [-0.3, -0.25) is 0 Å². The van der Waals surface area contributed by atoms with Gasteiger partial charge in [-0.15, -0.1) is 0 Å². The van der Waals surface area contributed by atoms with Crippen molar-refractivity contribution in [1.29, 1.82) is 0 Å². The molecule has 4 heteroatoms. The van der Waals surface area contributed by atoms with Crippen LogP contribution >= 0.6 is 11.6 Å². The summed E-state index contributed by atoms with van der Waals surface area (Å²) in [7, 11) is 1.68. The minimum Gasteiger partial charge on any atom is -0.496 e. The number of ether oxygens (including phenoxy) is 1. The predicted octanol–water partition coefficient (Wildman–Crippen LogP) is 3.92. The maximum atomic E-state index is 5.86. The number of halogens is 1. The van der Waals surface area contributed by atoms with Crippen LogP contribution in [0.3, 0.4) is 0 Å². The standard InChI is InChI=1S/C14H15ClN2O/c1-10(12-5-3-4-6-13(12)18-2)17-11-7-8-16-14(15)9-11/h3-10H,1-2H3,(H,16,17). The Kier molecular flexibility index (Phi) is 4.05. The zero-order valence-electron chi connectivity index (χ0n) is 10.4. The highest BCUT2D eigenvalue weighted by atomic mass is 35.5. The zero-order valence-corrected chi connectivity index (χ0v) is 11.1. The topological polar surface area (TPSA) is 34.1 Å². The second-order valence-electron chi connectivity index (χ2n) is 3.98. The first-order valence-corrected chi connectivity index (χ1v) is 6.09. The molecule has 1 N–H and O–H groups in total. The number of nitrogens with one attached hydrogen (secondary N) is 1. The average molecular weight is 263 g/mol. The lowest BCUT2D eigenvalue weighted by atomic mass is 10.1. The molecule has 0 aliphatic rings. The van der Waals surface area contributed by atoms with Crippen molar-refractivity contribution in [1.82, 2.24) is 4.98 Å². The highest BCUT2D eigenvalue weighted by Gasteiger charge is 2.10. The minimum absolute atomic E-state index is 0.125. The van der Waals surface area contributed by atoms with Crippen LogP contribution in [0.5, 0.6) is 5.75 Å². The molecule has 0 radical (unpaired) electrons. The van der Waals surface area contributed by atoms with E-state index in [9.17, 15) is 0 Å². The van der Waals surface area contributed by atoms with Crippen LogP contribution < -0.4 is 10.1 Å². The second kappa shape index (κ2) is 5.74. The molecule has 0 saturated carbocycles. The monoisotopic (exact) mass is 262 g/mol. The van der Waals surface area contributed by atoms with Gasteiger partial charge in [0.2, 0.25) is 0 Å². The fourth-order valence-corrected chi connectivity index (χ4v) is 2.02. The van der Waals surface area contributed by atoms with E-state index in [-0.39, 0.29) is 6.04 Å². The summed E-state index contributed by atoms with van der Waals surface area (Å²) in [6.45, 7) is 2.08. The van der Waals surface area contributed by atoms with E-state index in [0.717, 1.165) is 17.0 Å². The molecule has 1 unspecified atom stereocenters. The van der Waals surface area contributed by atoms with E-state index in [0.29, 0.717) is 5.15 Å². The minimum atomic E-state index is 0.125. The molecule has 2 aromatic rings. The Morgan fingerprint density at radius 2 is 2.06 bits per heavy atom. The second-order valence-corrected chi connectivity index (χ2v) is 4.36. The Balaban J connectivity index is 2.19. The highest BCUT2D eigenvalue weighted by Crippen LogP contribution is 2.27. The van der Waals surface area contributed by atoms with E-state index in [1.54, 1.807) is 19.4 Å². The molecule has 0 bridgehead atoms. The number of hydrogen-bond donors (Lipinski definition) is 1. The summed E-state index contributed by atoms with van der Waals surface area (Å²) in [6.07, 6.45) is 1.68. The van der Waals surface area contributed by atoms with Crippen LogP contribution in [-0.4, -0.2) is 12.1 Å². The molecular formula is C14H15ClN2O. The van der Waals surface area contributed by atoms with Crippen molar-refractivity contribution in [3.8, 4) is 5.75 Å². The van der Waals surface area contributed by atoms with Gasteiger partial charge in [-0.05, 0) is 25.1 Å². The van der Waals surface area contributed by atoms with E-state index < -0.39 is 0 Å². The lowest BCUT2D eigenvalue weighted by molar-refractivity contribution is 0.408. The third-order valence-electron chi connectivity index (χ3n) is 2.72. The molecule has 1 heterocycles. The molecule has 1 atom stereocenters. The van der Waals surface area contributed by atoms with Crippen molar-refractivity contribution in [2.75, 3.05) is 12.4 Å². The number of methoxy groups -OCH3 is 1. The van der Waals surface area contributed by atoms with Crippen LogP contribution in [0.15, 0.2) is 42.6 Å². The molecule has 3 nitrogen and oxygen atoms in total. The van der Waals surface area contributed by atoms with Crippen molar-refractivity contribution in [2.24, 2.45) is 0 Å². The zero-order chi connectivity index (χ0) is 13.0. The summed E-state index contributed by atoms with van der Waals surface area (Å²) in [5, 5.41) is 3.85. The molecule has 0 fully saturated rings. The Morgan fingerprint density at radius 1 is 1.28 bits per heavy atom. The third kappa shape index (κ3) is 2.93. The number of anilines is 1. The molecule has 18 heavy (non-hydrogen) atoms. The van der Waals surface area contributed by atoms with Gasteiger partial charge in [0.15, 0.2) is 0 Å². The van der Waals surface area contributed by atoms with Crippen molar-refractivity contribution >= 4 is 17.3 Å². The first-order chi connectivity index (χ1) is 8.70. The number of aromatic nitrogens is 1. The molecule has 1 aromatic carbocycles. The number of pyridine rings is 1. The summed E-state index contributed by atoms with van der Waals surface area (Å²) < 4.78 is 5.35. The Labute approximate surface area is 112 Å². The van der Waals surface area contributed by atoms with E-state index in [1.165, 1.54) is 0 Å². The number of rotatable bonds is 4. The van der Waals surface area contributed by atoms with Gasteiger partial charge in [0.1, 0.15) is 10.9 Å². The maximum absolute atomic E-state index is 5.86. The maximum Gasteiger partial charge on any atom is 0.131 e. The van der Waals surface area contributed by atoms with Gasteiger partial charge in [0, 0.05) is 17.4 Å². The Hall–Kier alpha value is -1.74. The predicted molar refractivity (Wildman–Crippen MR) is 74.3 cm³/mol. The number of nitrogens with zero attached hydrogens (tertiary/aromatic N) is 1. The van der Waals surface area contributed by atoms with Gasteiger partial charge in [-0.2, -0.15) is 0 Å². The molecule has 0 aliphatic heterocycles. The van der Waals surface area contributed by atoms with Gasteiger partial charge in [-0.1, -0.05) is 29.8 Å². The smallest absolute Gasteiger partial charge is 0.131 e. The van der Waals surface area contributed by atoms with Crippen molar-refractivity contribution < 1.29 is 4.74 Å². The largest absolute Gasteiger partial charge is 0.496 e. The number of para-hydroxylation sites is 1. The normalized spacial score (nSPS) is 11.9. The van der Waals surface area contributed by atoms with Gasteiger partial charge in [0.25, 0.3) is 0 Å². The van der Waals surface area contributed by atoms with Crippen LogP contribution in [0.1, 0.15) is 18.5 Å². The summed E-state index contributed by atoms with van der Waals surface area (Å²) in [4.78, 5) is 3.95. The van der Waals surface area contributed by atoms with Crippen molar-refractivity contribution in [3.63, 3.8) is 0 Å². The van der Waals surface area contributed by atoms with Gasteiger partial charge >= 0.3 is 0 Å². The lowest BCUT2D eigenvalue weighted by Gasteiger charge is -2.18. The molecular weight excluding hydrogens is 248 g/mol. The SMILES string of the molecule is COc1ccccc1C(C)Nc1ccnc(Cl)c1. The Morgan fingerprint density at radius 3 is 2.78 bits per heavy atom. The quantitative estimate of drug-likeness (QED) is 0.848. The first kappa shape index (κ1) is 12.7. The number of benzene rings is 1. The molecule has 94 valence electrons. The van der Waals surface area contributed by atoms with E-state index >= 15 is 0 Å².